The highest BCUT2D eigenvalue weighted by Crippen LogP contribution is 2.14. The number of hydrogen-bond acceptors (Lipinski definition) is 5. The van der Waals surface area contributed by atoms with E-state index < -0.39 is 11.9 Å². The lowest BCUT2D eigenvalue weighted by Crippen LogP contribution is -2.36. The number of hydrogen-bond donors (Lipinski definition) is 4. The maximum Gasteiger partial charge on any atom is 0.280 e. The van der Waals surface area contributed by atoms with E-state index in [-0.39, 0.29) is 17.1 Å². The Morgan fingerprint density at radius 2 is 2.33 bits per heavy atom. The fourth-order valence-electron chi connectivity index (χ4n) is 0.863. The Labute approximate surface area is 84.7 Å². The molecule has 0 aliphatic carbocycles. The van der Waals surface area contributed by atoms with Gasteiger partial charge < -0.3 is 10.8 Å². The number of rotatable bonds is 1. The molecule has 0 fully saturated rings. The maximum atomic E-state index is 11.3. The molecule has 0 aliphatic rings. The molecule has 0 spiro atoms. The van der Waals surface area contributed by atoms with Crippen molar-refractivity contribution >= 4 is 11.9 Å². The molecule has 0 saturated carbocycles. The molecule has 0 aliphatic heterocycles. The lowest BCUT2D eigenvalue weighted by atomic mass is 10.2. The molecule has 76 valence electrons. The second kappa shape index (κ2) is 4.06. The van der Waals surface area contributed by atoms with Gasteiger partial charge in [-0.05, 0) is 12.1 Å². The smallest absolute Gasteiger partial charge is 0.280 e. The van der Waals surface area contributed by atoms with Crippen LogP contribution in [0.1, 0.15) is 16.2 Å². The molecule has 7 heteroatoms. The minimum atomic E-state index is -0.836. The van der Waals surface area contributed by atoms with Crippen molar-refractivity contribution in [3.05, 3.63) is 23.5 Å². The van der Waals surface area contributed by atoms with Gasteiger partial charge in [-0.15, -0.1) is 0 Å². The summed E-state index contributed by atoms with van der Waals surface area (Å²) in [4.78, 5) is 14.8. The third kappa shape index (κ3) is 2.41. The molecule has 0 unspecified atom stereocenters. The van der Waals surface area contributed by atoms with E-state index >= 15 is 0 Å². The number of carbonyl (C=O) groups is 1. The van der Waals surface area contributed by atoms with Crippen molar-refractivity contribution in [3.8, 4) is 11.8 Å². The van der Waals surface area contributed by atoms with Gasteiger partial charge in [0.15, 0.2) is 11.7 Å². The van der Waals surface area contributed by atoms with E-state index in [4.69, 9.17) is 16.4 Å². The van der Waals surface area contributed by atoms with Crippen molar-refractivity contribution < 1.29 is 9.90 Å². The fourth-order valence-corrected chi connectivity index (χ4v) is 0.863. The lowest BCUT2D eigenvalue weighted by molar-refractivity contribution is 0.0968. The number of amides is 1. The van der Waals surface area contributed by atoms with Gasteiger partial charge in [0.25, 0.3) is 5.91 Å². The predicted octanol–water partition coefficient (Wildman–Crippen LogP) is -0.718. The quantitative estimate of drug-likeness (QED) is 0.354. The van der Waals surface area contributed by atoms with Crippen molar-refractivity contribution in [2.75, 3.05) is 0 Å². The van der Waals surface area contributed by atoms with Crippen LogP contribution in [0.5, 0.6) is 5.75 Å². The molecule has 5 N–H and O–H groups in total. The summed E-state index contributed by atoms with van der Waals surface area (Å²) >= 11 is 0. The Kier molecular flexibility index (Phi) is 2.83. The molecule has 0 atom stereocenters. The number of carbonyl (C=O) groups excluding carboxylic acids is 1. The number of aromatic hydroxyl groups is 1. The number of pyridine rings is 1. The molecule has 0 aromatic carbocycles. The van der Waals surface area contributed by atoms with Crippen LogP contribution in [0.2, 0.25) is 0 Å². The summed E-state index contributed by atoms with van der Waals surface area (Å²) in [6.07, 6.45) is 0. The van der Waals surface area contributed by atoms with Crippen LogP contribution in [0.4, 0.5) is 0 Å². The highest BCUT2D eigenvalue weighted by molar-refractivity contribution is 6.04. The van der Waals surface area contributed by atoms with Crippen molar-refractivity contribution in [1.29, 1.82) is 10.7 Å². The zero-order chi connectivity index (χ0) is 11.4. The van der Waals surface area contributed by atoms with Crippen molar-refractivity contribution in [2.24, 2.45) is 5.73 Å². The molecule has 0 bridgehead atoms. The molecule has 0 radical (unpaired) electrons. The van der Waals surface area contributed by atoms with E-state index in [2.05, 4.69) is 4.98 Å². The highest BCUT2D eigenvalue weighted by Gasteiger charge is 2.14. The zero-order valence-corrected chi connectivity index (χ0v) is 7.48. The minimum absolute atomic E-state index is 0.0125. The summed E-state index contributed by atoms with van der Waals surface area (Å²) in [7, 11) is 0. The number of nitrogens with two attached hydrogens (primary N) is 1. The van der Waals surface area contributed by atoms with Gasteiger partial charge in [0.05, 0.1) is 0 Å². The summed E-state index contributed by atoms with van der Waals surface area (Å²) in [6, 6.07) is 4.15. The predicted molar refractivity (Wildman–Crippen MR) is 50.0 cm³/mol. The lowest BCUT2D eigenvalue weighted by Gasteiger charge is -2.03. The van der Waals surface area contributed by atoms with Crippen LogP contribution < -0.4 is 11.1 Å². The first-order valence-corrected chi connectivity index (χ1v) is 3.80. The molecular weight excluding hydrogens is 198 g/mol. The average Bonchev–Trinajstić information content (AvgIpc) is 2.17. The summed E-state index contributed by atoms with van der Waals surface area (Å²) in [5, 5.41) is 26.5. The van der Waals surface area contributed by atoms with Crippen molar-refractivity contribution in [3.63, 3.8) is 0 Å². The number of nitrogens with zero attached hydrogens (tertiary/aromatic N) is 2. The van der Waals surface area contributed by atoms with Gasteiger partial charge in [0.2, 0.25) is 0 Å². The van der Waals surface area contributed by atoms with E-state index in [1.165, 1.54) is 12.1 Å². The molecule has 1 amide bonds. The van der Waals surface area contributed by atoms with E-state index in [1.807, 2.05) is 5.32 Å². The van der Waals surface area contributed by atoms with Crippen molar-refractivity contribution in [2.45, 2.75) is 0 Å². The third-order valence-electron chi connectivity index (χ3n) is 1.45. The van der Waals surface area contributed by atoms with Crippen LogP contribution in [0.3, 0.4) is 0 Å². The van der Waals surface area contributed by atoms with Crippen LogP contribution in [0, 0.1) is 16.7 Å². The molecule has 7 nitrogen and oxygen atoms in total. The molecule has 15 heavy (non-hydrogen) atoms. The fraction of sp³-hybridized carbons (Fsp3) is 0. The minimum Gasteiger partial charge on any atom is -0.505 e. The maximum absolute atomic E-state index is 11.3. The first-order valence-electron chi connectivity index (χ1n) is 3.80. The second-order valence-corrected chi connectivity index (χ2v) is 2.54. The zero-order valence-electron chi connectivity index (χ0n) is 7.48. The number of aromatic nitrogens is 1. The van der Waals surface area contributed by atoms with E-state index in [1.54, 1.807) is 6.07 Å². The van der Waals surface area contributed by atoms with Crippen LogP contribution >= 0.6 is 0 Å². The average molecular weight is 205 g/mol. The van der Waals surface area contributed by atoms with Crippen molar-refractivity contribution in [1.82, 2.24) is 10.3 Å². The number of guanidine groups is 1. The van der Waals surface area contributed by atoms with Gasteiger partial charge in [-0.2, -0.15) is 5.26 Å². The molecule has 1 aromatic rings. The summed E-state index contributed by atoms with van der Waals surface area (Å²) in [6.45, 7) is 0. The Morgan fingerprint density at radius 1 is 1.67 bits per heavy atom. The van der Waals surface area contributed by atoms with Gasteiger partial charge in [0, 0.05) is 0 Å². The largest absolute Gasteiger partial charge is 0.505 e. The summed E-state index contributed by atoms with van der Waals surface area (Å²) in [5.41, 5.74) is 4.57. The molecule has 0 saturated heterocycles. The second-order valence-electron chi connectivity index (χ2n) is 2.54. The van der Waals surface area contributed by atoms with Crippen LogP contribution in [-0.4, -0.2) is 22.0 Å². The SMILES string of the molecule is N#Cc1ccc(O)c(C(=O)NC(=N)N)n1. The first-order chi connectivity index (χ1) is 7.04. The Bertz CT molecular complexity index is 463. The van der Waals surface area contributed by atoms with E-state index in [0.29, 0.717) is 0 Å². The van der Waals surface area contributed by atoms with Gasteiger partial charge in [-0.1, -0.05) is 0 Å². The number of nitriles is 1. The summed E-state index contributed by atoms with van der Waals surface area (Å²) < 4.78 is 0. The first kappa shape index (κ1) is 10.5. The van der Waals surface area contributed by atoms with E-state index in [0.717, 1.165) is 0 Å². The topological polar surface area (TPSA) is 136 Å². The molecule has 1 aromatic heterocycles. The monoisotopic (exact) mass is 205 g/mol. The van der Waals surface area contributed by atoms with Crippen LogP contribution in [0.25, 0.3) is 0 Å². The normalized spacial score (nSPS) is 9.00. The molecule has 1 heterocycles. The Hall–Kier alpha value is -2.62. The Morgan fingerprint density at radius 3 is 2.87 bits per heavy atom. The van der Waals surface area contributed by atoms with Gasteiger partial charge >= 0.3 is 0 Å². The Balaban J connectivity index is 3.08. The summed E-state index contributed by atoms with van der Waals surface area (Å²) in [5.74, 6) is -1.78. The molecule has 1 rings (SSSR count). The van der Waals surface area contributed by atoms with Crippen LogP contribution in [0.15, 0.2) is 12.1 Å². The van der Waals surface area contributed by atoms with Gasteiger partial charge in [-0.25, -0.2) is 4.98 Å². The van der Waals surface area contributed by atoms with Crippen LogP contribution in [-0.2, 0) is 0 Å². The third-order valence-corrected chi connectivity index (χ3v) is 1.45. The van der Waals surface area contributed by atoms with Gasteiger partial charge in [-0.3, -0.25) is 15.5 Å². The molecular formula is C8H7N5O2. The van der Waals surface area contributed by atoms with E-state index in [9.17, 15) is 9.90 Å². The van der Waals surface area contributed by atoms with Gasteiger partial charge in [0.1, 0.15) is 17.5 Å². The number of nitrogens with one attached hydrogen (secondary N) is 2. The highest BCUT2D eigenvalue weighted by atomic mass is 16.3. The standard InChI is InChI=1S/C8H7N5O2/c9-3-4-1-2-5(14)6(12-4)7(15)13-8(10)11/h1-2,14H,(H4,10,11,13,15).